The van der Waals surface area contributed by atoms with Crippen LogP contribution in [0.2, 0.25) is 0 Å². The Morgan fingerprint density at radius 1 is 1.29 bits per heavy atom. The van der Waals surface area contributed by atoms with Crippen LogP contribution in [0.5, 0.6) is 0 Å². The Hall–Kier alpha value is -2.60. The fourth-order valence-electron chi connectivity index (χ4n) is 3.01. The molecule has 0 saturated carbocycles. The third-order valence-electron chi connectivity index (χ3n) is 4.49. The molecule has 1 aromatic carbocycles. The molecule has 126 valence electrons. The van der Waals surface area contributed by atoms with E-state index in [1.165, 1.54) is 0 Å². The highest BCUT2D eigenvalue weighted by Gasteiger charge is 2.18. The third-order valence-corrected chi connectivity index (χ3v) is 4.49. The second kappa shape index (κ2) is 6.13. The highest BCUT2D eigenvalue weighted by atomic mass is 16.3. The molecular weight excluding hydrogens is 304 g/mol. The highest BCUT2D eigenvalue weighted by Crippen LogP contribution is 2.21. The summed E-state index contributed by atoms with van der Waals surface area (Å²) in [7, 11) is 3.79. The minimum Gasteiger partial charge on any atom is -0.387 e. The van der Waals surface area contributed by atoms with Gasteiger partial charge in [-0.3, -0.25) is 9.48 Å². The van der Waals surface area contributed by atoms with E-state index in [4.69, 9.17) is 0 Å². The average Bonchev–Trinajstić information content (AvgIpc) is 3.04. The number of nitrogens with zero attached hydrogens (tertiary/aromatic N) is 3. The Kier molecular flexibility index (Phi) is 4.15. The molecule has 0 radical (unpaired) electrons. The van der Waals surface area contributed by atoms with Crippen LogP contribution in [0, 0.1) is 13.8 Å². The number of aromatic nitrogens is 3. The number of nitrogens with one attached hydrogen (secondary N) is 1. The summed E-state index contributed by atoms with van der Waals surface area (Å²) >= 11 is 0. The molecule has 3 aromatic rings. The van der Waals surface area contributed by atoms with E-state index in [1.807, 2.05) is 63.0 Å². The molecule has 3 rings (SSSR count). The molecule has 24 heavy (non-hydrogen) atoms. The standard InChI is InChI=1S/C18H22N4O2/c1-11-17(12(2)22(4)20-11)18(24)19-10-16(23)14-5-6-15-13(9-14)7-8-21(15)3/h5-9,16,23H,10H2,1-4H3,(H,19,24)/t16-/m0/s1. The van der Waals surface area contributed by atoms with Crippen molar-refractivity contribution >= 4 is 16.8 Å². The van der Waals surface area contributed by atoms with E-state index in [9.17, 15) is 9.90 Å². The van der Waals surface area contributed by atoms with Crippen LogP contribution >= 0.6 is 0 Å². The number of fused-ring (bicyclic) bond motifs is 1. The first-order valence-corrected chi connectivity index (χ1v) is 7.90. The van der Waals surface area contributed by atoms with Crippen LogP contribution < -0.4 is 5.32 Å². The summed E-state index contributed by atoms with van der Waals surface area (Å²) in [5.74, 6) is -0.210. The maximum Gasteiger partial charge on any atom is 0.255 e. The lowest BCUT2D eigenvalue weighted by atomic mass is 10.1. The first-order chi connectivity index (χ1) is 11.4. The average molecular weight is 326 g/mol. The van der Waals surface area contributed by atoms with Gasteiger partial charge in [0.2, 0.25) is 0 Å². The zero-order chi connectivity index (χ0) is 17.4. The molecule has 0 spiro atoms. The SMILES string of the molecule is Cc1nn(C)c(C)c1C(=O)NC[C@H](O)c1ccc2c(ccn2C)c1. The third kappa shape index (κ3) is 2.80. The van der Waals surface area contributed by atoms with Crippen molar-refractivity contribution in [3.8, 4) is 0 Å². The fraction of sp³-hybridized carbons (Fsp3) is 0.333. The molecular formula is C18H22N4O2. The monoisotopic (exact) mass is 326 g/mol. The van der Waals surface area contributed by atoms with Gasteiger partial charge in [0, 0.05) is 38.0 Å². The molecule has 1 amide bonds. The van der Waals surface area contributed by atoms with Crippen molar-refractivity contribution in [2.75, 3.05) is 6.54 Å². The van der Waals surface area contributed by atoms with Crippen molar-refractivity contribution in [3.05, 3.63) is 53.0 Å². The molecule has 2 N–H and O–H groups in total. The number of carbonyl (C=O) groups excluding carboxylic acids is 1. The number of aliphatic hydroxyl groups is 1. The Morgan fingerprint density at radius 2 is 2.04 bits per heavy atom. The van der Waals surface area contributed by atoms with Gasteiger partial charge < -0.3 is 15.0 Å². The van der Waals surface area contributed by atoms with Crippen LogP contribution in [0.15, 0.2) is 30.5 Å². The van der Waals surface area contributed by atoms with Gasteiger partial charge in [-0.05, 0) is 43.0 Å². The van der Waals surface area contributed by atoms with Gasteiger partial charge in [-0.25, -0.2) is 0 Å². The summed E-state index contributed by atoms with van der Waals surface area (Å²) < 4.78 is 3.71. The second-order valence-electron chi connectivity index (χ2n) is 6.14. The number of aryl methyl sites for hydroxylation is 3. The molecule has 1 atom stereocenters. The van der Waals surface area contributed by atoms with E-state index in [0.29, 0.717) is 11.3 Å². The van der Waals surface area contributed by atoms with Crippen LogP contribution in [0.1, 0.15) is 33.4 Å². The molecule has 0 aliphatic heterocycles. The number of hydrogen-bond donors (Lipinski definition) is 2. The zero-order valence-corrected chi connectivity index (χ0v) is 14.4. The number of rotatable bonds is 4. The van der Waals surface area contributed by atoms with Gasteiger partial charge in [0.15, 0.2) is 0 Å². The van der Waals surface area contributed by atoms with E-state index in [2.05, 4.69) is 10.4 Å². The molecule has 2 aromatic heterocycles. The predicted octanol–water partition coefficient (Wildman–Crippen LogP) is 1.99. The number of carbonyl (C=O) groups is 1. The quantitative estimate of drug-likeness (QED) is 0.770. The summed E-state index contributed by atoms with van der Waals surface area (Å²) in [5.41, 5.74) is 3.96. The van der Waals surface area contributed by atoms with Gasteiger partial charge in [0.05, 0.1) is 17.4 Å². The van der Waals surface area contributed by atoms with E-state index in [-0.39, 0.29) is 12.5 Å². The number of benzene rings is 1. The fourth-order valence-corrected chi connectivity index (χ4v) is 3.01. The zero-order valence-electron chi connectivity index (χ0n) is 14.4. The number of aliphatic hydroxyl groups excluding tert-OH is 1. The summed E-state index contributed by atoms with van der Waals surface area (Å²) in [6, 6.07) is 7.82. The molecule has 0 aliphatic carbocycles. The molecule has 0 aliphatic rings. The molecule has 0 saturated heterocycles. The van der Waals surface area contributed by atoms with Crippen molar-refractivity contribution in [1.29, 1.82) is 0 Å². The van der Waals surface area contributed by atoms with Crippen molar-refractivity contribution in [2.45, 2.75) is 20.0 Å². The highest BCUT2D eigenvalue weighted by molar-refractivity contribution is 5.96. The normalized spacial score (nSPS) is 12.5. The van der Waals surface area contributed by atoms with Gasteiger partial charge in [-0.15, -0.1) is 0 Å². The van der Waals surface area contributed by atoms with Crippen LogP contribution in [-0.2, 0) is 14.1 Å². The van der Waals surface area contributed by atoms with Gasteiger partial charge in [0.25, 0.3) is 5.91 Å². The van der Waals surface area contributed by atoms with E-state index in [1.54, 1.807) is 4.68 Å². The van der Waals surface area contributed by atoms with Crippen molar-refractivity contribution in [2.24, 2.45) is 14.1 Å². The molecule has 0 bridgehead atoms. The smallest absolute Gasteiger partial charge is 0.255 e. The summed E-state index contributed by atoms with van der Waals surface area (Å²) in [5, 5.41) is 18.5. The molecule has 6 nitrogen and oxygen atoms in total. The lowest BCUT2D eigenvalue weighted by Gasteiger charge is -2.13. The van der Waals surface area contributed by atoms with Crippen LogP contribution in [0.4, 0.5) is 0 Å². The van der Waals surface area contributed by atoms with Gasteiger partial charge in [-0.1, -0.05) is 6.07 Å². The molecule has 0 unspecified atom stereocenters. The van der Waals surface area contributed by atoms with Crippen LogP contribution in [0.25, 0.3) is 10.9 Å². The first kappa shape index (κ1) is 16.3. The summed E-state index contributed by atoms with van der Waals surface area (Å²) in [6.45, 7) is 3.82. The lowest BCUT2D eigenvalue weighted by Crippen LogP contribution is -2.29. The maximum absolute atomic E-state index is 12.4. The second-order valence-corrected chi connectivity index (χ2v) is 6.14. The molecule has 6 heteroatoms. The topological polar surface area (TPSA) is 72.1 Å². The van der Waals surface area contributed by atoms with E-state index < -0.39 is 6.10 Å². The minimum absolute atomic E-state index is 0.158. The van der Waals surface area contributed by atoms with Gasteiger partial charge in [0.1, 0.15) is 0 Å². The first-order valence-electron chi connectivity index (χ1n) is 7.90. The van der Waals surface area contributed by atoms with Crippen molar-refractivity contribution < 1.29 is 9.90 Å². The Balaban J connectivity index is 1.72. The molecule has 2 heterocycles. The van der Waals surface area contributed by atoms with Crippen molar-refractivity contribution in [1.82, 2.24) is 19.7 Å². The molecule has 0 fully saturated rings. The Bertz CT molecular complexity index is 907. The van der Waals surface area contributed by atoms with E-state index >= 15 is 0 Å². The maximum atomic E-state index is 12.4. The number of hydrogen-bond acceptors (Lipinski definition) is 3. The number of amides is 1. The van der Waals surface area contributed by atoms with E-state index in [0.717, 1.165) is 22.2 Å². The van der Waals surface area contributed by atoms with Crippen LogP contribution in [-0.4, -0.2) is 31.9 Å². The minimum atomic E-state index is -0.754. The summed E-state index contributed by atoms with van der Waals surface area (Å²) in [4.78, 5) is 12.4. The van der Waals surface area contributed by atoms with Gasteiger partial charge >= 0.3 is 0 Å². The lowest BCUT2D eigenvalue weighted by molar-refractivity contribution is 0.0915. The predicted molar refractivity (Wildman–Crippen MR) is 92.9 cm³/mol. The Labute approximate surface area is 140 Å². The summed E-state index contributed by atoms with van der Waals surface area (Å²) in [6.07, 6.45) is 1.23. The van der Waals surface area contributed by atoms with Crippen molar-refractivity contribution in [3.63, 3.8) is 0 Å². The van der Waals surface area contributed by atoms with Crippen LogP contribution in [0.3, 0.4) is 0 Å². The van der Waals surface area contributed by atoms with Gasteiger partial charge in [-0.2, -0.15) is 5.10 Å². The largest absolute Gasteiger partial charge is 0.387 e. The Morgan fingerprint density at radius 3 is 2.71 bits per heavy atom.